The average Bonchev–Trinajstić information content (AvgIpc) is 3.87. The highest BCUT2D eigenvalue weighted by Gasteiger charge is 2.34. The Morgan fingerprint density at radius 1 is 0.750 bits per heavy atom. The Morgan fingerprint density at radius 2 is 1.19 bits per heavy atom. The van der Waals surface area contributed by atoms with Crippen LogP contribution in [0.15, 0.2) is 69.7 Å². The molecule has 4 heterocycles. The van der Waals surface area contributed by atoms with E-state index in [4.69, 9.17) is 47.3 Å². The Bertz CT molecular complexity index is 1660. The summed E-state index contributed by atoms with van der Waals surface area (Å²) in [4.78, 5) is 22.4. The van der Waals surface area contributed by atoms with Gasteiger partial charge in [0.2, 0.25) is 0 Å². The number of carbonyl (C=O) groups excluding carboxylic acids is 1. The molecule has 0 radical (unpaired) electrons. The second-order valence-corrected chi connectivity index (χ2v) is 11.8. The third-order valence-corrected chi connectivity index (χ3v) is 7.01. The van der Waals surface area contributed by atoms with Crippen LogP contribution in [-0.2, 0) is 23.7 Å². The SMILES string of the molecule is CC1(C)OCC(COc2ccc(-c3cc(C(=O)O)no3)cc2)O1.CCOC(=O)c1cc(-c2ccc(OCC3COC(C)(C)O3)cc2)on1. The summed E-state index contributed by atoms with van der Waals surface area (Å²) in [6, 6.07) is 17.4. The first-order chi connectivity index (χ1) is 22.9. The number of carboxylic acids is 1. The number of benzene rings is 2. The molecular weight excluding hydrogens is 628 g/mol. The lowest BCUT2D eigenvalue weighted by Gasteiger charge is -2.17. The number of esters is 1. The number of carboxylic acid groups (broad SMARTS) is 1. The van der Waals surface area contributed by atoms with Crippen LogP contribution < -0.4 is 9.47 Å². The maximum Gasteiger partial charge on any atom is 0.360 e. The molecule has 0 amide bonds. The van der Waals surface area contributed by atoms with E-state index in [1.54, 1.807) is 37.3 Å². The van der Waals surface area contributed by atoms with Crippen molar-refractivity contribution >= 4 is 11.9 Å². The Balaban J connectivity index is 0.000000188. The smallest absolute Gasteiger partial charge is 0.360 e. The zero-order chi connectivity index (χ0) is 34.3. The summed E-state index contributed by atoms with van der Waals surface area (Å²) in [6.07, 6.45) is -0.187. The number of aromatic carboxylic acids is 1. The van der Waals surface area contributed by atoms with Gasteiger partial charge in [-0.3, -0.25) is 0 Å². The molecule has 1 N–H and O–H groups in total. The molecule has 14 nitrogen and oxygen atoms in total. The first kappa shape index (κ1) is 34.6. The monoisotopic (exact) mass is 666 g/mol. The molecule has 2 fully saturated rings. The number of carbonyl (C=O) groups is 2. The lowest BCUT2D eigenvalue weighted by Crippen LogP contribution is -2.25. The van der Waals surface area contributed by atoms with Gasteiger partial charge in [0.05, 0.1) is 19.8 Å². The van der Waals surface area contributed by atoms with Crippen LogP contribution in [0, 0.1) is 0 Å². The normalized spacial score (nSPS) is 19.3. The van der Waals surface area contributed by atoms with Gasteiger partial charge in [-0.2, -0.15) is 0 Å². The summed E-state index contributed by atoms with van der Waals surface area (Å²) in [5.74, 6) is -0.470. The van der Waals surface area contributed by atoms with Crippen molar-refractivity contribution < 1.29 is 56.9 Å². The average molecular weight is 667 g/mol. The first-order valence-electron chi connectivity index (χ1n) is 15.3. The lowest BCUT2D eigenvalue weighted by molar-refractivity contribution is -0.141. The molecule has 4 aromatic rings. The van der Waals surface area contributed by atoms with Crippen LogP contribution in [-0.4, -0.2) is 84.2 Å². The van der Waals surface area contributed by atoms with Gasteiger partial charge in [0.1, 0.15) is 36.9 Å². The fourth-order valence-corrected chi connectivity index (χ4v) is 4.72. The molecule has 2 saturated heterocycles. The number of nitrogens with zero attached hydrogens (tertiary/aromatic N) is 2. The predicted octanol–water partition coefficient (Wildman–Crippen LogP) is 5.62. The summed E-state index contributed by atoms with van der Waals surface area (Å²) in [6.45, 7) is 11.3. The van der Waals surface area contributed by atoms with Crippen LogP contribution in [0.25, 0.3) is 22.6 Å². The quantitative estimate of drug-likeness (QED) is 0.196. The molecule has 6 rings (SSSR count). The summed E-state index contributed by atoms with van der Waals surface area (Å²) < 4.78 is 48.8. The van der Waals surface area contributed by atoms with Gasteiger partial charge >= 0.3 is 11.9 Å². The van der Waals surface area contributed by atoms with Gasteiger partial charge in [0.25, 0.3) is 0 Å². The minimum atomic E-state index is -1.12. The Kier molecular flexibility index (Phi) is 10.8. The van der Waals surface area contributed by atoms with Crippen LogP contribution in [0.1, 0.15) is 55.6 Å². The second-order valence-electron chi connectivity index (χ2n) is 11.8. The fourth-order valence-electron chi connectivity index (χ4n) is 4.72. The van der Waals surface area contributed by atoms with Crippen molar-refractivity contribution in [2.24, 2.45) is 0 Å². The van der Waals surface area contributed by atoms with E-state index in [0.29, 0.717) is 56.1 Å². The number of rotatable bonds is 11. The highest BCUT2D eigenvalue weighted by atomic mass is 16.8. The van der Waals surface area contributed by atoms with Crippen LogP contribution in [0.3, 0.4) is 0 Å². The number of hydrogen-bond donors (Lipinski definition) is 1. The van der Waals surface area contributed by atoms with E-state index in [1.165, 1.54) is 6.07 Å². The van der Waals surface area contributed by atoms with Gasteiger partial charge in [-0.15, -0.1) is 0 Å². The van der Waals surface area contributed by atoms with Crippen molar-refractivity contribution in [3.05, 3.63) is 72.1 Å². The summed E-state index contributed by atoms with van der Waals surface area (Å²) in [5.41, 5.74) is 1.54. The van der Waals surface area contributed by atoms with E-state index >= 15 is 0 Å². The highest BCUT2D eigenvalue weighted by Crippen LogP contribution is 2.27. The van der Waals surface area contributed by atoms with Crippen LogP contribution in [0.4, 0.5) is 0 Å². The van der Waals surface area contributed by atoms with Crippen molar-refractivity contribution in [3.63, 3.8) is 0 Å². The standard InChI is InChI=1S/C18H21NO6.C16H17NO6/c1-4-21-17(20)15-9-16(25-19-15)12-5-7-13(8-6-12)22-10-14-11-23-18(2,3)24-14;1-16(2)21-9-12(22-16)8-20-11-5-3-10(4-6-11)14-7-13(15(18)19)17-23-14/h5-9,14H,4,10-11H2,1-3H3;3-7,12H,8-9H2,1-2H3,(H,18,19). The Morgan fingerprint density at radius 3 is 1.56 bits per heavy atom. The van der Waals surface area contributed by atoms with E-state index in [9.17, 15) is 9.59 Å². The van der Waals surface area contributed by atoms with Crippen molar-refractivity contribution in [2.75, 3.05) is 33.0 Å². The molecule has 2 unspecified atom stereocenters. The first-order valence-corrected chi connectivity index (χ1v) is 15.3. The second kappa shape index (κ2) is 15.0. The lowest BCUT2D eigenvalue weighted by atomic mass is 10.1. The molecule has 48 heavy (non-hydrogen) atoms. The van der Waals surface area contributed by atoms with E-state index in [2.05, 4.69) is 10.3 Å². The zero-order valence-electron chi connectivity index (χ0n) is 27.3. The van der Waals surface area contributed by atoms with Crippen LogP contribution in [0.5, 0.6) is 11.5 Å². The fraction of sp³-hybridized carbons (Fsp3) is 0.412. The minimum absolute atomic E-state index is 0.0870. The van der Waals surface area contributed by atoms with Gasteiger partial charge in [0, 0.05) is 23.3 Å². The van der Waals surface area contributed by atoms with E-state index in [-0.39, 0.29) is 23.6 Å². The number of ether oxygens (including phenoxy) is 7. The number of aromatic nitrogens is 2. The molecule has 0 aliphatic carbocycles. The van der Waals surface area contributed by atoms with E-state index in [1.807, 2.05) is 52.0 Å². The molecule has 2 aliphatic rings. The number of hydrogen-bond acceptors (Lipinski definition) is 13. The third kappa shape index (κ3) is 9.41. The molecule has 0 saturated carbocycles. The van der Waals surface area contributed by atoms with Crippen LogP contribution in [0.2, 0.25) is 0 Å². The van der Waals surface area contributed by atoms with E-state index < -0.39 is 23.5 Å². The van der Waals surface area contributed by atoms with Gasteiger partial charge in [-0.1, -0.05) is 10.3 Å². The highest BCUT2D eigenvalue weighted by molar-refractivity contribution is 5.88. The molecule has 14 heteroatoms. The molecule has 2 aromatic heterocycles. The third-order valence-electron chi connectivity index (χ3n) is 7.01. The van der Waals surface area contributed by atoms with Gasteiger partial charge in [-0.25, -0.2) is 9.59 Å². The molecule has 0 bridgehead atoms. The van der Waals surface area contributed by atoms with Gasteiger partial charge in [0.15, 0.2) is 34.5 Å². The van der Waals surface area contributed by atoms with Crippen molar-refractivity contribution in [1.82, 2.24) is 10.3 Å². The van der Waals surface area contributed by atoms with Crippen molar-refractivity contribution in [2.45, 2.75) is 58.4 Å². The minimum Gasteiger partial charge on any atom is -0.491 e. The maximum absolute atomic E-state index is 11.6. The van der Waals surface area contributed by atoms with Crippen molar-refractivity contribution in [3.8, 4) is 34.1 Å². The summed E-state index contributed by atoms with van der Waals surface area (Å²) >= 11 is 0. The zero-order valence-corrected chi connectivity index (χ0v) is 27.3. The Hall–Kier alpha value is -4.76. The summed E-state index contributed by atoms with van der Waals surface area (Å²) in [5, 5.41) is 16.0. The molecule has 2 atom stereocenters. The molecule has 0 spiro atoms. The van der Waals surface area contributed by atoms with Crippen LogP contribution >= 0.6 is 0 Å². The van der Waals surface area contributed by atoms with Gasteiger partial charge < -0.3 is 47.3 Å². The predicted molar refractivity (Wildman–Crippen MR) is 168 cm³/mol. The topological polar surface area (TPSA) is 171 Å². The van der Waals surface area contributed by atoms with Gasteiger partial charge in [-0.05, 0) is 83.1 Å². The van der Waals surface area contributed by atoms with E-state index in [0.717, 1.165) is 11.1 Å². The largest absolute Gasteiger partial charge is 0.491 e. The maximum atomic E-state index is 11.6. The Labute approximate surface area is 276 Å². The molecular formula is C34H38N2O12. The molecule has 2 aliphatic heterocycles. The molecule has 2 aromatic carbocycles. The molecule has 256 valence electrons. The van der Waals surface area contributed by atoms with Crippen molar-refractivity contribution in [1.29, 1.82) is 0 Å². The summed E-state index contributed by atoms with van der Waals surface area (Å²) in [7, 11) is 0.